The zero-order chi connectivity index (χ0) is 16.2. The van der Waals surface area contributed by atoms with E-state index in [1.165, 1.54) is 6.07 Å². The molecule has 0 saturated carbocycles. The number of halogens is 1. The molecule has 0 aromatic carbocycles. The first-order chi connectivity index (χ1) is 11.2. The largest absolute Gasteiger partial charge is 0.319 e. The molecule has 24 heavy (non-hydrogen) atoms. The first kappa shape index (κ1) is 18.2. The van der Waals surface area contributed by atoms with Gasteiger partial charge in [0.25, 0.3) is 11.5 Å². The van der Waals surface area contributed by atoms with Gasteiger partial charge < -0.3 is 15.2 Å². The molecule has 1 unspecified atom stereocenters. The highest BCUT2D eigenvalue weighted by Gasteiger charge is 2.17. The maximum Gasteiger partial charge on any atom is 0.276 e. The first-order valence-electron chi connectivity index (χ1n) is 7.95. The van der Waals surface area contributed by atoms with Crippen molar-refractivity contribution in [2.24, 2.45) is 0 Å². The van der Waals surface area contributed by atoms with Gasteiger partial charge >= 0.3 is 0 Å². The predicted molar refractivity (Wildman–Crippen MR) is 94.9 cm³/mol. The molecule has 1 aliphatic heterocycles. The molecule has 2 N–H and O–H groups in total. The summed E-state index contributed by atoms with van der Waals surface area (Å²) in [6.07, 6.45) is 5.67. The summed E-state index contributed by atoms with van der Waals surface area (Å²) in [5.41, 5.74) is 0.884. The molecule has 2 aromatic heterocycles. The van der Waals surface area contributed by atoms with Gasteiger partial charge in [0.2, 0.25) is 0 Å². The van der Waals surface area contributed by atoms with Crippen LogP contribution in [0.1, 0.15) is 36.3 Å². The average Bonchev–Trinajstić information content (AvgIpc) is 3.07. The van der Waals surface area contributed by atoms with E-state index in [0.29, 0.717) is 24.0 Å². The number of hydrogen-bond acceptors (Lipinski definition) is 4. The van der Waals surface area contributed by atoms with Gasteiger partial charge in [-0.2, -0.15) is 5.10 Å². The quantitative estimate of drug-likeness (QED) is 0.877. The number of nitrogens with one attached hydrogen (secondary N) is 2. The molecule has 8 heteroatoms. The van der Waals surface area contributed by atoms with Crippen LogP contribution in [0.2, 0.25) is 0 Å². The van der Waals surface area contributed by atoms with Crippen LogP contribution >= 0.6 is 12.4 Å². The number of amides is 1. The molecule has 1 saturated heterocycles. The third-order valence-electron chi connectivity index (χ3n) is 4.07. The Labute approximate surface area is 146 Å². The van der Waals surface area contributed by atoms with Crippen LogP contribution in [0.25, 0.3) is 0 Å². The Morgan fingerprint density at radius 2 is 2.25 bits per heavy atom. The Bertz CT molecular complexity index is 749. The second-order valence-corrected chi connectivity index (χ2v) is 5.68. The number of piperidine rings is 1. The van der Waals surface area contributed by atoms with Crippen molar-refractivity contribution in [1.82, 2.24) is 19.7 Å². The third-order valence-corrected chi connectivity index (χ3v) is 4.07. The molecule has 0 radical (unpaired) electrons. The number of pyridine rings is 1. The standard InChI is InChI=1S/C16H21N5O2.ClH/c1-2-20-11-12(5-6-15(20)22)18-16(23)14-7-9-21(19-14)13-4-3-8-17-10-13;/h5-7,9,11,13,17H,2-4,8,10H2,1H3,(H,18,23);1H. The smallest absolute Gasteiger partial charge is 0.276 e. The Morgan fingerprint density at radius 1 is 1.42 bits per heavy atom. The topological polar surface area (TPSA) is 81.0 Å². The summed E-state index contributed by atoms with van der Waals surface area (Å²) >= 11 is 0. The van der Waals surface area contributed by atoms with Crippen molar-refractivity contribution < 1.29 is 4.79 Å². The number of rotatable bonds is 4. The lowest BCUT2D eigenvalue weighted by Crippen LogP contribution is -2.32. The third kappa shape index (κ3) is 4.04. The fraction of sp³-hybridized carbons (Fsp3) is 0.438. The van der Waals surface area contributed by atoms with E-state index in [0.717, 1.165) is 25.9 Å². The van der Waals surface area contributed by atoms with Gasteiger partial charge in [-0.15, -0.1) is 12.4 Å². The highest BCUT2D eigenvalue weighted by Crippen LogP contribution is 2.16. The summed E-state index contributed by atoms with van der Waals surface area (Å²) < 4.78 is 3.40. The summed E-state index contributed by atoms with van der Waals surface area (Å²) in [4.78, 5) is 23.9. The van der Waals surface area contributed by atoms with Crippen LogP contribution in [-0.4, -0.2) is 33.3 Å². The summed E-state index contributed by atoms with van der Waals surface area (Å²) in [6, 6.07) is 5.08. The fourth-order valence-electron chi connectivity index (χ4n) is 2.77. The average molecular weight is 352 g/mol. The van der Waals surface area contributed by atoms with E-state index in [1.54, 1.807) is 22.9 Å². The SMILES string of the molecule is CCn1cc(NC(=O)c2ccn(C3CCCNC3)n2)ccc1=O.Cl. The van der Waals surface area contributed by atoms with Crippen molar-refractivity contribution in [3.05, 3.63) is 46.6 Å². The number of anilines is 1. The first-order valence-corrected chi connectivity index (χ1v) is 7.95. The number of carbonyl (C=O) groups excluding carboxylic acids is 1. The molecule has 0 spiro atoms. The minimum Gasteiger partial charge on any atom is -0.319 e. The van der Waals surface area contributed by atoms with Gasteiger partial charge in [0.15, 0.2) is 5.69 Å². The minimum absolute atomic E-state index is 0. The van der Waals surface area contributed by atoms with Crippen molar-refractivity contribution in [3.63, 3.8) is 0 Å². The van der Waals surface area contributed by atoms with Crippen LogP contribution in [-0.2, 0) is 6.54 Å². The maximum absolute atomic E-state index is 12.3. The lowest BCUT2D eigenvalue weighted by atomic mass is 10.1. The van der Waals surface area contributed by atoms with Crippen molar-refractivity contribution in [3.8, 4) is 0 Å². The fourth-order valence-corrected chi connectivity index (χ4v) is 2.77. The summed E-state index contributed by atoms with van der Waals surface area (Å²) in [7, 11) is 0. The number of aryl methyl sites for hydroxylation is 1. The maximum atomic E-state index is 12.3. The second-order valence-electron chi connectivity index (χ2n) is 5.68. The van der Waals surface area contributed by atoms with E-state index < -0.39 is 0 Å². The Kier molecular flexibility index (Phi) is 6.16. The lowest BCUT2D eigenvalue weighted by molar-refractivity contribution is 0.102. The monoisotopic (exact) mass is 351 g/mol. The van der Waals surface area contributed by atoms with Crippen LogP contribution in [0.4, 0.5) is 5.69 Å². The van der Waals surface area contributed by atoms with E-state index >= 15 is 0 Å². The molecule has 0 aliphatic carbocycles. The molecule has 1 fully saturated rings. The number of hydrogen-bond donors (Lipinski definition) is 2. The van der Waals surface area contributed by atoms with Crippen molar-refractivity contribution in [2.75, 3.05) is 18.4 Å². The molecule has 3 rings (SSSR count). The van der Waals surface area contributed by atoms with Crippen LogP contribution in [0, 0.1) is 0 Å². The molecule has 3 heterocycles. The van der Waals surface area contributed by atoms with Gasteiger partial charge in [-0.25, -0.2) is 0 Å². The van der Waals surface area contributed by atoms with E-state index in [2.05, 4.69) is 15.7 Å². The highest BCUT2D eigenvalue weighted by atomic mass is 35.5. The molecule has 1 amide bonds. The molecule has 1 atom stereocenters. The predicted octanol–water partition coefficient (Wildman–Crippen LogP) is 1.66. The van der Waals surface area contributed by atoms with Crippen LogP contribution in [0.5, 0.6) is 0 Å². The van der Waals surface area contributed by atoms with Crippen LogP contribution < -0.4 is 16.2 Å². The molecule has 1 aliphatic rings. The zero-order valence-corrected chi connectivity index (χ0v) is 14.4. The summed E-state index contributed by atoms with van der Waals surface area (Å²) in [5, 5.41) is 10.5. The van der Waals surface area contributed by atoms with Crippen molar-refractivity contribution in [1.29, 1.82) is 0 Å². The van der Waals surface area contributed by atoms with E-state index in [1.807, 2.05) is 17.8 Å². The molecular weight excluding hydrogens is 330 g/mol. The number of carbonyl (C=O) groups is 1. The van der Waals surface area contributed by atoms with Crippen molar-refractivity contribution in [2.45, 2.75) is 32.4 Å². The molecule has 2 aromatic rings. The minimum atomic E-state index is -0.270. The molecule has 0 bridgehead atoms. The highest BCUT2D eigenvalue weighted by molar-refractivity contribution is 6.02. The molecule has 7 nitrogen and oxygen atoms in total. The van der Waals surface area contributed by atoms with Gasteiger partial charge in [0.05, 0.1) is 11.7 Å². The van der Waals surface area contributed by atoms with E-state index in [9.17, 15) is 9.59 Å². The van der Waals surface area contributed by atoms with Gasteiger partial charge in [0.1, 0.15) is 0 Å². The summed E-state index contributed by atoms with van der Waals surface area (Å²) in [5.74, 6) is -0.270. The normalized spacial score (nSPS) is 17.1. The number of nitrogens with zero attached hydrogens (tertiary/aromatic N) is 3. The Hall–Kier alpha value is -2.12. The Balaban J connectivity index is 0.00000208. The van der Waals surface area contributed by atoms with Gasteiger partial charge in [-0.3, -0.25) is 14.3 Å². The Morgan fingerprint density at radius 3 is 2.96 bits per heavy atom. The van der Waals surface area contributed by atoms with Gasteiger partial charge in [0, 0.05) is 31.5 Å². The van der Waals surface area contributed by atoms with E-state index in [-0.39, 0.29) is 23.9 Å². The number of aromatic nitrogens is 3. The lowest BCUT2D eigenvalue weighted by Gasteiger charge is -2.22. The van der Waals surface area contributed by atoms with Gasteiger partial charge in [-0.05, 0) is 38.4 Å². The van der Waals surface area contributed by atoms with Crippen molar-refractivity contribution >= 4 is 24.0 Å². The van der Waals surface area contributed by atoms with Gasteiger partial charge in [-0.1, -0.05) is 0 Å². The zero-order valence-electron chi connectivity index (χ0n) is 13.6. The molecular formula is C16H22ClN5O2. The van der Waals surface area contributed by atoms with Crippen LogP contribution in [0.3, 0.4) is 0 Å². The summed E-state index contributed by atoms with van der Waals surface area (Å²) in [6.45, 7) is 4.36. The second kappa shape index (κ2) is 8.12. The van der Waals surface area contributed by atoms with E-state index in [4.69, 9.17) is 0 Å². The van der Waals surface area contributed by atoms with Crippen LogP contribution in [0.15, 0.2) is 35.4 Å². The molecule has 130 valence electrons.